The standard InChI is InChI=1S/C12H17N3O4/c1-12(2,3)19-11(17)15-9-7-13-8(6-14-9)5-10(16)18-4/h6-7H,5H2,1-4H3,(H,14,15,17). The molecular weight excluding hydrogens is 250 g/mol. The van der Waals surface area contributed by atoms with Crippen LogP contribution in [-0.2, 0) is 20.7 Å². The minimum absolute atomic E-state index is 0.0379. The lowest BCUT2D eigenvalue weighted by molar-refractivity contribution is -0.139. The number of hydrogen-bond donors (Lipinski definition) is 1. The first kappa shape index (κ1) is 14.9. The maximum absolute atomic E-state index is 11.5. The van der Waals surface area contributed by atoms with Gasteiger partial charge in [-0.05, 0) is 20.8 Å². The number of esters is 1. The van der Waals surface area contributed by atoms with E-state index in [0.717, 1.165) is 0 Å². The van der Waals surface area contributed by atoms with Crippen LogP contribution in [0.5, 0.6) is 0 Å². The second-order valence-corrected chi connectivity index (χ2v) is 4.77. The summed E-state index contributed by atoms with van der Waals surface area (Å²) in [6.07, 6.45) is 2.17. The van der Waals surface area contributed by atoms with Gasteiger partial charge in [0.25, 0.3) is 0 Å². The van der Waals surface area contributed by atoms with Crippen LogP contribution in [0.2, 0.25) is 0 Å². The van der Waals surface area contributed by atoms with E-state index < -0.39 is 17.7 Å². The van der Waals surface area contributed by atoms with Gasteiger partial charge >= 0.3 is 12.1 Å². The highest BCUT2D eigenvalue weighted by Crippen LogP contribution is 2.09. The first-order valence-electron chi connectivity index (χ1n) is 5.68. The van der Waals surface area contributed by atoms with E-state index in [1.54, 1.807) is 20.8 Å². The van der Waals surface area contributed by atoms with Crippen molar-refractivity contribution in [2.45, 2.75) is 32.8 Å². The van der Waals surface area contributed by atoms with E-state index in [1.807, 2.05) is 0 Å². The molecule has 0 aliphatic rings. The van der Waals surface area contributed by atoms with Crippen LogP contribution in [0.15, 0.2) is 12.4 Å². The third-order valence-electron chi connectivity index (χ3n) is 1.89. The minimum atomic E-state index is -0.609. The fraction of sp³-hybridized carbons (Fsp3) is 0.500. The van der Waals surface area contributed by atoms with Crippen LogP contribution in [-0.4, -0.2) is 34.7 Å². The highest BCUT2D eigenvalue weighted by Gasteiger charge is 2.16. The van der Waals surface area contributed by atoms with E-state index in [0.29, 0.717) is 5.69 Å². The van der Waals surface area contributed by atoms with Crippen LogP contribution in [0.25, 0.3) is 0 Å². The number of ether oxygens (including phenoxy) is 2. The average molecular weight is 267 g/mol. The van der Waals surface area contributed by atoms with Crippen LogP contribution >= 0.6 is 0 Å². The molecular formula is C12H17N3O4. The molecule has 1 aromatic rings. The smallest absolute Gasteiger partial charge is 0.413 e. The molecule has 7 nitrogen and oxygen atoms in total. The van der Waals surface area contributed by atoms with Crippen molar-refractivity contribution in [3.8, 4) is 0 Å². The number of aromatic nitrogens is 2. The van der Waals surface area contributed by atoms with Crippen LogP contribution < -0.4 is 5.32 Å². The van der Waals surface area contributed by atoms with Gasteiger partial charge in [-0.2, -0.15) is 0 Å². The van der Waals surface area contributed by atoms with Crippen molar-refractivity contribution in [2.24, 2.45) is 0 Å². The van der Waals surface area contributed by atoms with Crippen LogP contribution in [0.3, 0.4) is 0 Å². The summed E-state index contributed by atoms with van der Waals surface area (Å²) in [6, 6.07) is 0. The quantitative estimate of drug-likeness (QED) is 0.835. The van der Waals surface area contributed by atoms with Gasteiger partial charge in [-0.3, -0.25) is 15.1 Å². The number of carbonyl (C=O) groups is 2. The van der Waals surface area contributed by atoms with Crippen molar-refractivity contribution in [1.82, 2.24) is 9.97 Å². The summed E-state index contributed by atoms with van der Waals surface area (Å²) in [5.41, 5.74) is -0.121. The Labute approximate surface area is 111 Å². The fourth-order valence-corrected chi connectivity index (χ4v) is 1.14. The van der Waals surface area contributed by atoms with E-state index in [1.165, 1.54) is 19.5 Å². The molecule has 0 radical (unpaired) electrons. The zero-order valence-electron chi connectivity index (χ0n) is 11.4. The van der Waals surface area contributed by atoms with Crippen molar-refractivity contribution in [3.05, 3.63) is 18.1 Å². The zero-order chi connectivity index (χ0) is 14.5. The first-order chi connectivity index (χ1) is 8.80. The Kier molecular flexibility index (Phi) is 4.80. The molecule has 1 N–H and O–H groups in total. The topological polar surface area (TPSA) is 90.4 Å². The molecule has 19 heavy (non-hydrogen) atoms. The third-order valence-corrected chi connectivity index (χ3v) is 1.89. The summed E-state index contributed by atoms with van der Waals surface area (Å²) in [4.78, 5) is 30.4. The van der Waals surface area contributed by atoms with Gasteiger partial charge < -0.3 is 9.47 Å². The van der Waals surface area contributed by atoms with Gasteiger partial charge in [0.1, 0.15) is 5.60 Å². The molecule has 104 valence electrons. The van der Waals surface area contributed by atoms with Crippen molar-refractivity contribution in [1.29, 1.82) is 0 Å². The number of carbonyl (C=O) groups excluding carboxylic acids is 2. The summed E-state index contributed by atoms with van der Waals surface area (Å²) >= 11 is 0. The predicted molar refractivity (Wildman–Crippen MR) is 67.6 cm³/mol. The van der Waals surface area contributed by atoms with Crippen molar-refractivity contribution in [3.63, 3.8) is 0 Å². The van der Waals surface area contributed by atoms with E-state index >= 15 is 0 Å². The minimum Gasteiger partial charge on any atom is -0.469 e. The molecule has 0 unspecified atom stereocenters. The number of methoxy groups -OCH3 is 1. The second-order valence-electron chi connectivity index (χ2n) is 4.77. The number of hydrogen-bond acceptors (Lipinski definition) is 6. The molecule has 0 saturated heterocycles. The molecule has 0 spiro atoms. The molecule has 0 aliphatic carbocycles. The number of nitrogens with zero attached hydrogens (tertiary/aromatic N) is 2. The SMILES string of the molecule is COC(=O)Cc1cnc(NC(=O)OC(C)(C)C)cn1. The molecule has 1 amide bonds. The highest BCUT2D eigenvalue weighted by molar-refractivity contribution is 5.83. The lowest BCUT2D eigenvalue weighted by Crippen LogP contribution is -2.27. The normalized spacial score (nSPS) is 10.7. The zero-order valence-corrected chi connectivity index (χ0v) is 11.4. The van der Waals surface area contributed by atoms with Gasteiger partial charge in [-0.25, -0.2) is 9.78 Å². The summed E-state index contributed by atoms with van der Waals surface area (Å²) in [5.74, 6) is -0.148. The number of nitrogens with one attached hydrogen (secondary N) is 1. The molecule has 7 heteroatoms. The Morgan fingerprint density at radius 1 is 1.26 bits per heavy atom. The predicted octanol–water partition coefficient (Wildman–Crippen LogP) is 1.54. The van der Waals surface area contributed by atoms with Gasteiger partial charge in [0.15, 0.2) is 5.82 Å². The van der Waals surface area contributed by atoms with E-state index in [2.05, 4.69) is 20.0 Å². The molecule has 0 fully saturated rings. The number of rotatable bonds is 3. The maximum atomic E-state index is 11.5. The summed E-state index contributed by atoms with van der Waals surface area (Å²) < 4.78 is 9.57. The average Bonchev–Trinajstić information content (AvgIpc) is 2.29. The Bertz CT molecular complexity index is 451. The van der Waals surface area contributed by atoms with Crippen LogP contribution in [0.1, 0.15) is 26.5 Å². The molecule has 1 heterocycles. The largest absolute Gasteiger partial charge is 0.469 e. The lowest BCUT2D eigenvalue weighted by atomic mass is 10.2. The summed E-state index contributed by atoms with van der Waals surface area (Å²) in [6.45, 7) is 5.28. The maximum Gasteiger partial charge on any atom is 0.413 e. The number of anilines is 1. The van der Waals surface area contributed by atoms with Gasteiger partial charge in [0, 0.05) is 0 Å². The number of amides is 1. The van der Waals surface area contributed by atoms with Crippen LogP contribution in [0.4, 0.5) is 10.6 Å². The summed E-state index contributed by atoms with van der Waals surface area (Å²) in [7, 11) is 1.30. The third kappa shape index (κ3) is 5.80. The van der Waals surface area contributed by atoms with Crippen LogP contribution in [0, 0.1) is 0 Å². The monoisotopic (exact) mass is 267 g/mol. The van der Waals surface area contributed by atoms with Crippen molar-refractivity contribution in [2.75, 3.05) is 12.4 Å². The Morgan fingerprint density at radius 3 is 2.42 bits per heavy atom. The van der Waals surface area contributed by atoms with Gasteiger partial charge in [-0.15, -0.1) is 0 Å². The molecule has 0 atom stereocenters. The fourth-order valence-electron chi connectivity index (χ4n) is 1.14. The van der Waals surface area contributed by atoms with Gasteiger partial charge in [0.05, 0.1) is 31.6 Å². The Morgan fingerprint density at radius 2 is 1.95 bits per heavy atom. The Balaban J connectivity index is 2.57. The van der Waals surface area contributed by atoms with Gasteiger partial charge in [-0.1, -0.05) is 0 Å². The van der Waals surface area contributed by atoms with E-state index in [9.17, 15) is 9.59 Å². The van der Waals surface area contributed by atoms with E-state index in [4.69, 9.17) is 4.74 Å². The second kappa shape index (κ2) is 6.12. The Hall–Kier alpha value is -2.18. The van der Waals surface area contributed by atoms with Crippen molar-refractivity contribution >= 4 is 17.9 Å². The molecule has 0 bridgehead atoms. The molecule has 1 rings (SSSR count). The first-order valence-corrected chi connectivity index (χ1v) is 5.68. The van der Waals surface area contributed by atoms with Crippen molar-refractivity contribution < 1.29 is 19.1 Å². The van der Waals surface area contributed by atoms with Gasteiger partial charge in [0.2, 0.25) is 0 Å². The lowest BCUT2D eigenvalue weighted by Gasteiger charge is -2.19. The van der Waals surface area contributed by atoms with E-state index in [-0.39, 0.29) is 12.2 Å². The molecule has 0 aliphatic heterocycles. The molecule has 0 saturated carbocycles. The molecule has 1 aromatic heterocycles. The highest BCUT2D eigenvalue weighted by atomic mass is 16.6. The molecule has 0 aromatic carbocycles. The summed E-state index contributed by atoms with van der Waals surface area (Å²) in [5, 5.41) is 2.44.